The molecule has 0 radical (unpaired) electrons. The summed E-state index contributed by atoms with van der Waals surface area (Å²) >= 11 is 7.29. The third-order valence-corrected chi connectivity index (χ3v) is 6.18. The monoisotopic (exact) mass is 386 g/mol. The zero-order valence-corrected chi connectivity index (χ0v) is 16.0. The Balaban J connectivity index is 2.29. The highest BCUT2D eigenvalue weighted by Crippen LogP contribution is 2.25. The van der Waals surface area contributed by atoms with E-state index >= 15 is 0 Å². The van der Waals surface area contributed by atoms with Crippen LogP contribution in [0.2, 0.25) is 5.02 Å². The lowest BCUT2D eigenvalue weighted by Crippen LogP contribution is -2.42. The molecule has 0 fully saturated rings. The summed E-state index contributed by atoms with van der Waals surface area (Å²) in [6.07, 6.45) is 1.77. The molecular weight excluding hydrogens is 368 g/mol. The van der Waals surface area contributed by atoms with E-state index in [9.17, 15) is 8.42 Å². The Morgan fingerprint density at radius 1 is 1.33 bits per heavy atom. The number of halogens is 1. The van der Waals surface area contributed by atoms with Crippen LogP contribution in [0.4, 0.5) is 0 Å². The first-order valence-corrected chi connectivity index (χ1v) is 9.95. The molecule has 130 valence electrons. The molecule has 1 heterocycles. The summed E-state index contributed by atoms with van der Waals surface area (Å²) in [5, 5.41) is 9.43. The van der Waals surface area contributed by atoms with Crippen molar-refractivity contribution in [2.45, 2.75) is 29.4 Å². The molecule has 0 saturated heterocycles. The van der Waals surface area contributed by atoms with Crippen LogP contribution in [0.25, 0.3) is 0 Å². The van der Waals surface area contributed by atoms with Gasteiger partial charge in [0.25, 0.3) is 0 Å². The molecule has 0 aliphatic rings. The molecule has 0 aliphatic heterocycles. The third-order valence-electron chi connectivity index (χ3n) is 3.24. The van der Waals surface area contributed by atoms with Crippen molar-refractivity contribution in [2.75, 3.05) is 5.75 Å². The van der Waals surface area contributed by atoms with Crippen molar-refractivity contribution in [1.29, 1.82) is 0 Å². The summed E-state index contributed by atoms with van der Waals surface area (Å²) in [5.74, 6) is 1.22. The molecule has 0 saturated carbocycles. The maximum atomic E-state index is 12.6. The Labute approximate surface area is 151 Å². The second-order valence-electron chi connectivity index (χ2n) is 5.65. The van der Waals surface area contributed by atoms with Gasteiger partial charge in [0.05, 0.1) is 10.4 Å². The minimum absolute atomic E-state index is 0.142. The molecule has 0 amide bonds. The van der Waals surface area contributed by atoms with Gasteiger partial charge < -0.3 is 4.57 Å². The lowest BCUT2D eigenvalue weighted by Gasteiger charge is -2.25. The van der Waals surface area contributed by atoms with E-state index in [1.165, 1.54) is 36.0 Å². The number of benzene rings is 1. The van der Waals surface area contributed by atoms with Crippen molar-refractivity contribution in [1.82, 2.24) is 19.5 Å². The lowest BCUT2D eigenvalue weighted by atomic mass is 10.1. The predicted molar refractivity (Wildman–Crippen MR) is 96.7 cm³/mol. The van der Waals surface area contributed by atoms with E-state index in [4.69, 9.17) is 11.6 Å². The molecule has 0 bridgehead atoms. The van der Waals surface area contributed by atoms with Gasteiger partial charge in [-0.2, -0.15) is 4.72 Å². The molecule has 1 N–H and O–H groups in total. The second kappa shape index (κ2) is 7.26. The van der Waals surface area contributed by atoms with E-state index in [0.717, 1.165) is 0 Å². The average Bonchev–Trinajstić information content (AvgIpc) is 2.86. The maximum absolute atomic E-state index is 12.6. The Bertz CT molecular complexity index is 830. The van der Waals surface area contributed by atoms with E-state index in [1.807, 2.05) is 0 Å². The van der Waals surface area contributed by atoms with Gasteiger partial charge >= 0.3 is 0 Å². The molecule has 2 rings (SSSR count). The fourth-order valence-corrected chi connectivity index (χ4v) is 4.32. The number of sulfonamides is 1. The first kappa shape index (κ1) is 19.0. The second-order valence-corrected chi connectivity index (χ2v) is 8.76. The van der Waals surface area contributed by atoms with Gasteiger partial charge in [-0.25, -0.2) is 8.42 Å². The number of thioether (sulfide) groups is 1. The minimum atomic E-state index is -3.72. The Kier molecular flexibility index (Phi) is 5.74. The van der Waals surface area contributed by atoms with Crippen LogP contribution >= 0.6 is 23.4 Å². The normalized spacial score (nSPS) is 12.3. The number of hydrogen-bond donors (Lipinski definition) is 1. The zero-order valence-electron chi connectivity index (χ0n) is 13.7. The smallest absolute Gasteiger partial charge is 0.241 e. The van der Waals surface area contributed by atoms with Crippen LogP contribution in [0.1, 0.15) is 19.7 Å². The number of hydrogen-bond acceptors (Lipinski definition) is 5. The minimum Gasteiger partial charge on any atom is -0.308 e. The lowest BCUT2D eigenvalue weighted by molar-refractivity contribution is 0.429. The Hall–Kier alpha value is -1.35. The first-order valence-electron chi connectivity index (χ1n) is 7.10. The summed E-state index contributed by atoms with van der Waals surface area (Å²) in [4.78, 5) is 0.142. The zero-order chi connectivity index (χ0) is 18.0. The molecule has 0 aliphatic carbocycles. The predicted octanol–water partition coefficient (Wildman–Crippen LogP) is 2.96. The fraction of sp³-hybridized carbons (Fsp3) is 0.333. The standard InChI is InChI=1S/C15H19ClN4O2S2/c1-5-10-23-14-18-17-13(20(14)4)15(2,3)19-24(21,22)12-8-6-11(16)7-9-12/h5-9,19H,1,10H2,2-4H3. The molecule has 0 unspecified atom stereocenters. The summed E-state index contributed by atoms with van der Waals surface area (Å²) in [5.41, 5.74) is -0.937. The first-order chi connectivity index (χ1) is 11.2. The van der Waals surface area contributed by atoms with Gasteiger partial charge in [-0.1, -0.05) is 29.4 Å². The van der Waals surface area contributed by atoms with E-state index in [0.29, 0.717) is 21.8 Å². The quantitative estimate of drug-likeness (QED) is 0.584. The van der Waals surface area contributed by atoms with Crippen LogP contribution in [-0.4, -0.2) is 28.9 Å². The molecule has 9 heteroatoms. The van der Waals surface area contributed by atoms with Gasteiger partial charge in [0.1, 0.15) is 0 Å². The average molecular weight is 387 g/mol. The highest BCUT2D eigenvalue weighted by Gasteiger charge is 2.32. The molecular formula is C15H19ClN4O2S2. The summed E-state index contributed by atoms with van der Waals surface area (Å²) < 4.78 is 29.6. The van der Waals surface area contributed by atoms with Gasteiger partial charge in [-0.15, -0.1) is 16.8 Å². The largest absolute Gasteiger partial charge is 0.308 e. The van der Waals surface area contributed by atoms with Crippen LogP contribution in [0.5, 0.6) is 0 Å². The van der Waals surface area contributed by atoms with E-state index in [2.05, 4.69) is 21.5 Å². The van der Waals surface area contributed by atoms with E-state index < -0.39 is 15.6 Å². The van der Waals surface area contributed by atoms with Crippen LogP contribution < -0.4 is 4.72 Å². The molecule has 0 spiro atoms. The summed E-state index contributed by atoms with van der Waals surface area (Å²) in [7, 11) is -1.92. The van der Waals surface area contributed by atoms with E-state index in [-0.39, 0.29) is 4.90 Å². The van der Waals surface area contributed by atoms with Crippen molar-refractivity contribution in [3.8, 4) is 0 Å². The van der Waals surface area contributed by atoms with Crippen molar-refractivity contribution < 1.29 is 8.42 Å². The maximum Gasteiger partial charge on any atom is 0.241 e. The van der Waals surface area contributed by atoms with Crippen molar-refractivity contribution in [3.63, 3.8) is 0 Å². The van der Waals surface area contributed by atoms with Crippen molar-refractivity contribution in [2.24, 2.45) is 7.05 Å². The van der Waals surface area contributed by atoms with Gasteiger partial charge in [0.2, 0.25) is 10.0 Å². The van der Waals surface area contributed by atoms with Gasteiger partial charge in [-0.3, -0.25) is 0 Å². The van der Waals surface area contributed by atoms with Crippen LogP contribution in [-0.2, 0) is 22.6 Å². The highest BCUT2D eigenvalue weighted by atomic mass is 35.5. The molecule has 6 nitrogen and oxygen atoms in total. The van der Waals surface area contributed by atoms with Gasteiger partial charge in [0.15, 0.2) is 11.0 Å². The van der Waals surface area contributed by atoms with Crippen LogP contribution in [0, 0.1) is 0 Å². The Morgan fingerprint density at radius 2 is 1.96 bits per heavy atom. The number of aromatic nitrogens is 3. The highest BCUT2D eigenvalue weighted by molar-refractivity contribution is 7.99. The number of rotatable bonds is 7. The van der Waals surface area contributed by atoms with Crippen LogP contribution in [0.3, 0.4) is 0 Å². The van der Waals surface area contributed by atoms with Crippen molar-refractivity contribution in [3.05, 3.63) is 47.8 Å². The summed E-state index contributed by atoms with van der Waals surface area (Å²) in [6.45, 7) is 7.15. The van der Waals surface area contributed by atoms with Gasteiger partial charge in [-0.05, 0) is 38.1 Å². The molecule has 1 aromatic carbocycles. The SMILES string of the molecule is C=CCSc1nnc(C(C)(C)NS(=O)(=O)c2ccc(Cl)cc2)n1C. The molecule has 1 aromatic heterocycles. The summed E-state index contributed by atoms with van der Waals surface area (Å²) in [6, 6.07) is 6.00. The van der Waals surface area contributed by atoms with Crippen LogP contribution in [0.15, 0.2) is 47.0 Å². The molecule has 2 aromatic rings. The third kappa shape index (κ3) is 4.18. The number of nitrogens with one attached hydrogen (secondary N) is 1. The molecule has 24 heavy (non-hydrogen) atoms. The Morgan fingerprint density at radius 3 is 2.54 bits per heavy atom. The van der Waals surface area contributed by atoms with E-state index in [1.54, 1.807) is 31.5 Å². The van der Waals surface area contributed by atoms with Gasteiger partial charge in [0, 0.05) is 17.8 Å². The topological polar surface area (TPSA) is 76.9 Å². The van der Waals surface area contributed by atoms with Crippen molar-refractivity contribution >= 4 is 33.4 Å². The molecule has 0 atom stereocenters. The fourth-order valence-electron chi connectivity index (χ4n) is 2.17. The number of nitrogens with zero attached hydrogens (tertiary/aromatic N) is 3.